The van der Waals surface area contributed by atoms with Gasteiger partial charge in [0.15, 0.2) is 0 Å². The maximum atomic E-state index is 12.5. The molecular formula is C20H27N3O4. The van der Waals surface area contributed by atoms with Crippen LogP contribution in [-0.4, -0.2) is 52.6 Å². The summed E-state index contributed by atoms with van der Waals surface area (Å²) in [5, 5.41) is 14.6. The molecule has 2 fully saturated rings. The van der Waals surface area contributed by atoms with Gasteiger partial charge in [0, 0.05) is 25.0 Å². The maximum absolute atomic E-state index is 12.5. The van der Waals surface area contributed by atoms with Crippen molar-refractivity contribution in [3.8, 4) is 0 Å². The number of carbonyl (C=O) groups excluding carboxylic acids is 2. The van der Waals surface area contributed by atoms with Crippen molar-refractivity contribution in [1.29, 1.82) is 0 Å². The van der Waals surface area contributed by atoms with Crippen molar-refractivity contribution in [2.75, 3.05) is 6.54 Å². The molecule has 3 unspecified atom stereocenters. The number of nitrogens with one attached hydrogen (secondary N) is 2. The zero-order valence-corrected chi connectivity index (χ0v) is 15.4. The van der Waals surface area contributed by atoms with Crippen molar-refractivity contribution >= 4 is 17.9 Å². The first-order valence-corrected chi connectivity index (χ1v) is 9.66. The Morgan fingerprint density at radius 1 is 1.22 bits per heavy atom. The fourth-order valence-electron chi connectivity index (χ4n) is 4.04. The van der Waals surface area contributed by atoms with Crippen molar-refractivity contribution in [3.63, 3.8) is 0 Å². The molecule has 0 saturated carbocycles. The van der Waals surface area contributed by atoms with Gasteiger partial charge in [-0.3, -0.25) is 9.59 Å². The summed E-state index contributed by atoms with van der Waals surface area (Å²) in [5.74, 6) is -0.891. The predicted molar refractivity (Wildman–Crippen MR) is 100 cm³/mol. The second-order valence-corrected chi connectivity index (χ2v) is 7.41. The lowest BCUT2D eigenvalue weighted by molar-refractivity contribution is -0.137. The lowest BCUT2D eigenvalue weighted by Crippen LogP contribution is -2.49. The van der Waals surface area contributed by atoms with E-state index in [0.717, 1.165) is 31.4 Å². The van der Waals surface area contributed by atoms with Crippen LogP contribution in [0.1, 0.15) is 44.1 Å². The average molecular weight is 373 g/mol. The summed E-state index contributed by atoms with van der Waals surface area (Å²) in [6.45, 7) is 0.776. The Bertz CT molecular complexity index is 679. The number of rotatable bonds is 7. The highest BCUT2D eigenvalue weighted by molar-refractivity contribution is 5.89. The quantitative estimate of drug-likeness (QED) is 0.680. The number of piperidine rings is 1. The monoisotopic (exact) mass is 373 g/mol. The molecule has 1 aromatic carbocycles. The fraction of sp³-hybridized carbons (Fsp3) is 0.550. The van der Waals surface area contributed by atoms with E-state index in [1.807, 2.05) is 35.2 Å². The zero-order valence-electron chi connectivity index (χ0n) is 15.4. The molecule has 3 N–H and O–H groups in total. The Kier molecular flexibility index (Phi) is 6.32. The molecule has 0 aliphatic carbocycles. The van der Waals surface area contributed by atoms with Gasteiger partial charge in [-0.25, -0.2) is 4.79 Å². The molecule has 7 nitrogen and oxygen atoms in total. The van der Waals surface area contributed by atoms with Gasteiger partial charge in [0.1, 0.15) is 6.04 Å². The number of aliphatic carboxylic acids is 1. The van der Waals surface area contributed by atoms with Gasteiger partial charge in [-0.2, -0.15) is 0 Å². The average Bonchev–Trinajstić information content (AvgIpc) is 2.96. The first-order chi connectivity index (χ1) is 13.0. The lowest BCUT2D eigenvalue weighted by atomic mass is 10.0. The van der Waals surface area contributed by atoms with Crippen LogP contribution in [0, 0.1) is 0 Å². The summed E-state index contributed by atoms with van der Waals surface area (Å²) in [5.41, 5.74) is 1.03. The first kappa shape index (κ1) is 19.2. The van der Waals surface area contributed by atoms with Gasteiger partial charge >= 0.3 is 12.0 Å². The van der Waals surface area contributed by atoms with Crippen LogP contribution in [0.4, 0.5) is 4.79 Å². The molecule has 2 saturated heterocycles. The van der Waals surface area contributed by atoms with Gasteiger partial charge in [0.2, 0.25) is 5.91 Å². The van der Waals surface area contributed by atoms with Crippen LogP contribution in [0.2, 0.25) is 0 Å². The van der Waals surface area contributed by atoms with Crippen LogP contribution in [0.3, 0.4) is 0 Å². The minimum atomic E-state index is -0.891. The highest BCUT2D eigenvalue weighted by Crippen LogP contribution is 2.27. The second-order valence-electron chi connectivity index (χ2n) is 7.41. The van der Waals surface area contributed by atoms with Gasteiger partial charge < -0.3 is 20.6 Å². The molecule has 3 amide bonds. The van der Waals surface area contributed by atoms with Crippen LogP contribution >= 0.6 is 0 Å². The highest BCUT2D eigenvalue weighted by atomic mass is 16.4. The Morgan fingerprint density at radius 2 is 2.00 bits per heavy atom. The van der Waals surface area contributed by atoms with Crippen molar-refractivity contribution in [3.05, 3.63) is 35.9 Å². The summed E-state index contributed by atoms with van der Waals surface area (Å²) in [7, 11) is 0. The third-order valence-electron chi connectivity index (χ3n) is 5.39. The number of hydrogen-bond donors (Lipinski definition) is 3. The molecule has 7 heteroatoms. The predicted octanol–water partition coefficient (Wildman–Crippen LogP) is 1.92. The standard InChI is InChI=1S/C20H27N3O4/c24-18(25)10-9-15(12-14-6-2-1-3-7-14)21-20(27)22-17-13-16-8-4-5-11-23(16)19(17)26/h1-3,6-7,15-17H,4-5,8-13H2,(H,24,25)(H2,21,22,27). The van der Waals surface area contributed by atoms with Gasteiger partial charge in [0.25, 0.3) is 0 Å². The van der Waals surface area contributed by atoms with Gasteiger partial charge in [-0.05, 0) is 44.1 Å². The minimum absolute atomic E-state index is 0.00000431. The number of carbonyl (C=O) groups is 3. The summed E-state index contributed by atoms with van der Waals surface area (Å²) < 4.78 is 0. The number of carboxylic acid groups (broad SMARTS) is 1. The number of fused-ring (bicyclic) bond motifs is 1. The molecule has 146 valence electrons. The Hall–Kier alpha value is -2.57. The Morgan fingerprint density at radius 3 is 2.70 bits per heavy atom. The van der Waals surface area contributed by atoms with E-state index in [-0.39, 0.29) is 24.4 Å². The number of urea groups is 1. The molecule has 2 aliphatic heterocycles. The third-order valence-corrected chi connectivity index (χ3v) is 5.39. The number of benzene rings is 1. The molecule has 3 rings (SSSR count). The smallest absolute Gasteiger partial charge is 0.315 e. The number of carboxylic acids is 1. The van der Waals surface area contributed by atoms with E-state index < -0.39 is 18.0 Å². The van der Waals surface area contributed by atoms with E-state index in [1.165, 1.54) is 0 Å². The lowest BCUT2D eigenvalue weighted by Gasteiger charge is -2.28. The van der Waals surface area contributed by atoms with Crippen LogP contribution in [-0.2, 0) is 16.0 Å². The molecule has 2 heterocycles. The van der Waals surface area contributed by atoms with E-state index in [4.69, 9.17) is 5.11 Å². The van der Waals surface area contributed by atoms with E-state index in [2.05, 4.69) is 10.6 Å². The number of hydrogen-bond acceptors (Lipinski definition) is 3. The summed E-state index contributed by atoms with van der Waals surface area (Å²) >= 11 is 0. The van der Waals surface area contributed by atoms with Crippen LogP contribution in [0.15, 0.2) is 30.3 Å². The second kappa shape index (κ2) is 8.88. The summed E-state index contributed by atoms with van der Waals surface area (Å²) in [4.78, 5) is 37.7. The topological polar surface area (TPSA) is 98.7 Å². The number of nitrogens with zero attached hydrogens (tertiary/aromatic N) is 1. The molecule has 27 heavy (non-hydrogen) atoms. The van der Waals surface area contributed by atoms with Crippen molar-refractivity contribution in [2.24, 2.45) is 0 Å². The Balaban J connectivity index is 1.56. The van der Waals surface area contributed by atoms with Crippen molar-refractivity contribution in [1.82, 2.24) is 15.5 Å². The molecule has 3 atom stereocenters. The third kappa shape index (κ3) is 5.21. The highest BCUT2D eigenvalue weighted by Gasteiger charge is 2.41. The minimum Gasteiger partial charge on any atom is -0.481 e. The van der Waals surface area contributed by atoms with E-state index >= 15 is 0 Å². The molecule has 1 aromatic rings. The number of amides is 3. The van der Waals surface area contributed by atoms with Gasteiger partial charge in [-0.15, -0.1) is 0 Å². The molecule has 2 aliphatic rings. The van der Waals surface area contributed by atoms with Crippen LogP contribution in [0.25, 0.3) is 0 Å². The van der Waals surface area contributed by atoms with Crippen LogP contribution in [0.5, 0.6) is 0 Å². The largest absolute Gasteiger partial charge is 0.481 e. The zero-order chi connectivity index (χ0) is 19.2. The first-order valence-electron chi connectivity index (χ1n) is 9.66. The van der Waals surface area contributed by atoms with Gasteiger partial charge in [0.05, 0.1) is 0 Å². The maximum Gasteiger partial charge on any atom is 0.315 e. The molecule has 0 aromatic heterocycles. The molecule has 0 bridgehead atoms. The molecule has 0 radical (unpaired) electrons. The molecular weight excluding hydrogens is 346 g/mol. The van der Waals surface area contributed by atoms with E-state index in [9.17, 15) is 14.4 Å². The normalized spacial score (nSPS) is 22.8. The summed E-state index contributed by atoms with van der Waals surface area (Å²) in [6.07, 6.45) is 4.68. The van der Waals surface area contributed by atoms with Crippen molar-refractivity contribution in [2.45, 2.75) is 63.1 Å². The Labute approximate surface area is 159 Å². The van der Waals surface area contributed by atoms with Gasteiger partial charge in [-0.1, -0.05) is 30.3 Å². The van der Waals surface area contributed by atoms with Crippen molar-refractivity contribution < 1.29 is 19.5 Å². The SMILES string of the molecule is O=C(O)CCC(Cc1ccccc1)NC(=O)NC1CC2CCCCN2C1=O. The fourth-order valence-corrected chi connectivity index (χ4v) is 4.04. The van der Waals surface area contributed by atoms with E-state index in [1.54, 1.807) is 0 Å². The van der Waals surface area contributed by atoms with Crippen LogP contribution < -0.4 is 10.6 Å². The summed E-state index contributed by atoms with van der Waals surface area (Å²) in [6, 6.07) is 8.69. The van der Waals surface area contributed by atoms with E-state index in [0.29, 0.717) is 19.3 Å². The molecule has 0 spiro atoms.